The Balaban J connectivity index is 1.44. The lowest BCUT2D eigenvalue weighted by molar-refractivity contribution is -0.139. The molecule has 0 aromatic carbocycles. The molecule has 33 heavy (non-hydrogen) atoms. The lowest BCUT2D eigenvalue weighted by atomic mass is 10.2. The van der Waals surface area contributed by atoms with E-state index in [2.05, 4.69) is 15.2 Å². The normalized spacial score (nSPS) is 16.8. The van der Waals surface area contributed by atoms with Gasteiger partial charge in [-0.3, -0.25) is 23.9 Å². The summed E-state index contributed by atoms with van der Waals surface area (Å²) in [6, 6.07) is 5.69. The van der Waals surface area contributed by atoms with Crippen molar-refractivity contribution in [3.8, 4) is 0 Å². The van der Waals surface area contributed by atoms with Gasteiger partial charge in [-0.25, -0.2) is 0 Å². The number of nitrogens with zero attached hydrogens (tertiary/aromatic N) is 7. The number of carbonyl (C=O) groups is 2. The van der Waals surface area contributed by atoms with E-state index >= 15 is 0 Å². The van der Waals surface area contributed by atoms with Crippen LogP contribution >= 0.6 is 0 Å². The van der Waals surface area contributed by atoms with E-state index in [0.717, 1.165) is 16.8 Å². The van der Waals surface area contributed by atoms with Crippen LogP contribution in [0.25, 0.3) is 0 Å². The summed E-state index contributed by atoms with van der Waals surface area (Å²) >= 11 is 0. The van der Waals surface area contributed by atoms with Crippen molar-refractivity contribution in [3.63, 3.8) is 0 Å². The van der Waals surface area contributed by atoms with Crippen LogP contribution < -0.4 is 0 Å². The Hall–Kier alpha value is -3.53. The zero-order chi connectivity index (χ0) is 23.2. The first-order chi connectivity index (χ1) is 16.0. The number of pyridine rings is 1. The van der Waals surface area contributed by atoms with E-state index in [-0.39, 0.29) is 30.9 Å². The van der Waals surface area contributed by atoms with E-state index in [1.807, 2.05) is 44.6 Å². The second kappa shape index (κ2) is 10.4. The third-order valence-electron chi connectivity index (χ3n) is 5.58. The van der Waals surface area contributed by atoms with Crippen molar-refractivity contribution < 1.29 is 14.3 Å². The van der Waals surface area contributed by atoms with Gasteiger partial charge in [-0.1, -0.05) is 0 Å². The number of hydrogen-bond acceptors (Lipinski definition) is 6. The van der Waals surface area contributed by atoms with Crippen LogP contribution in [0, 0.1) is 6.92 Å². The second-order valence-corrected chi connectivity index (χ2v) is 8.33. The monoisotopic (exact) mass is 451 g/mol. The highest BCUT2D eigenvalue weighted by Crippen LogP contribution is 2.15. The standard InChI is InChI=1S/C23H29N7O3/c1-18-5-9-30(26-18)10-6-22(31)29-15-21(33-17-19-3-7-24-8-4-19)14-28(23(32)16-29)13-20-11-25-27(2)12-20/h3-5,7-9,11-12,21H,6,10,13-17H2,1-2H3/t21-/m0/s1. The van der Waals surface area contributed by atoms with Crippen LogP contribution in [0.15, 0.2) is 49.2 Å². The van der Waals surface area contributed by atoms with Crippen LogP contribution in [0.1, 0.15) is 23.2 Å². The first kappa shape index (κ1) is 22.7. The molecule has 3 aromatic heterocycles. The fourth-order valence-electron chi connectivity index (χ4n) is 3.85. The summed E-state index contributed by atoms with van der Waals surface area (Å²) in [4.78, 5) is 33.5. The minimum Gasteiger partial charge on any atom is -0.370 e. The predicted molar refractivity (Wildman–Crippen MR) is 120 cm³/mol. The number of aryl methyl sites for hydroxylation is 3. The van der Waals surface area contributed by atoms with Gasteiger partial charge in [0.1, 0.15) is 0 Å². The predicted octanol–water partition coefficient (Wildman–Crippen LogP) is 1.17. The van der Waals surface area contributed by atoms with Gasteiger partial charge in [0.2, 0.25) is 11.8 Å². The fraction of sp³-hybridized carbons (Fsp3) is 0.435. The number of hydrogen-bond donors (Lipinski definition) is 0. The zero-order valence-corrected chi connectivity index (χ0v) is 19.0. The molecule has 0 aliphatic carbocycles. The molecule has 4 heterocycles. The van der Waals surface area contributed by atoms with E-state index in [0.29, 0.717) is 32.8 Å². The fourth-order valence-corrected chi connectivity index (χ4v) is 3.85. The van der Waals surface area contributed by atoms with Gasteiger partial charge in [-0.15, -0.1) is 0 Å². The van der Waals surface area contributed by atoms with Crippen molar-refractivity contribution in [2.24, 2.45) is 7.05 Å². The molecule has 0 saturated carbocycles. The molecule has 1 fully saturated rings. The molecule has 1 aliphatic rings. The molecular formula is C23H29N7O3. The summed E-state index contributed by atoms with van der Waals surface area (Å²) in [6.07, 6.45) is 8.89. The van der Waals surface area contributed by atoms with Gasteiger partial charge in [-0.2, -0.15) is 10.2 Å². The first-order valence-corrected chi connectivity index (χ1v) is 11.0. The Morgan fingerprint density at radius 1 is 1.18 bits per heavy atom. The van der Waals surface area contributed by atoms with Crippen molar-refractivity contribution >= 4 is 11.8 Å². The van der Waals surface area contributed by atoms with Gasteiger partial charge in [0.05, 0.1) is 31.1 Å². The zero-order valence-electron chi connectivity index (χ0n) is 19.0. The minimum atomic E-state index is -0.308. The maximum atomic E-state index is 13.1. The maximum Gasteiger partial charge on any atom is 0.242 e. The van der Waals surface area contributed by atoms with E-state index < -0.39 is 0 Å². The maximum absolute atomic E-state index is 13.1. The van der Waals surface area contributed by atoms with Gasteiger partial charge in [0.15, 0.2) is 0 Å². The van der Waals surface area contributed by atoms with Crippen LogP contribution in [-0.2, 0) is 41.1 Å². The third-order valence-corrected chi connectivity index (χ3v) is 5.58. The van der Waals surface area contributed by atoms with Gasteiger partial charge in [-0.05, 0) is 30.7 Å². The molecule has 4 rings (SSSR count). The molecule has 0 N–H and O–H groups in total. The molecule has 0 spiro atoms. The molecule has 10 heteroatoms. The molecule has 174 valence electrons. The first-order valence-electron chi connectivity index (χ1n) is 11.0. The van der Waals surface area contributed by atoms with Crippen LogP contribution in [0.4, 0.5) is 0 Å². The van der Waals surface area contributed by atoms with Crippen molar-refractivity contribution in [2.75, 3.05) is 19.6 Å². The topological polar surface area (TPSA) is 98.4 Å². The molecule has 0 unspecified atom stereocenters. The molecule has 1 aliphatic heterocycles. The van der Waals surface area contributed by atoms with Gasteiger partial charge in [0.25, 0.3) is 0 Å². The van der Waals surface area contributed by atoms with Crippen molar-refractivity contribution in [3.05, 3.63) is 66.0 Å². The van der Waals surface area contributed by atoms with Gasteiger partial charge < -0.3 is 14.5 Å². The summed E-state index contributed by atoms with van der Waals surface area (Å²) < 4.78 is 9.62. The van der Waals surface area contributed by atoms with Crippen molar-refractivity contribution in [1.82, 2.24) is 34.3 Å². The van der Waals surface area contributed by atoms with E-state index in [1.165, 1.54) is 0 Å². The SMILES string of the molecule is Cc1ccn(CCC(=O)N2CC(=O)N(Cc3cnn(C)c3)C[C@H](OCc3ccncc3)C2)n1. The highest BCUT2D eigenvalue weighted by Gasteiger charge is 2.31. The Morgan fingerprint density at radius 3 is 2.70 bits per heavy atom. The summed E-state index contributed by atoms with van der Waals surface area (Å²) in [5.74, 6) is -0.186. The lowest BCUT2D eigenvalue weighted by Crippen LogP contribution is -2.40. The number of amides is 2. The van der Waals surface area contributed by atoms with Crippen molar-refractivity contribution in [2.45, 2.75) is 39.1 Å². The summed E-state index contributed by atoms with van der Waals surface area (Å²) in [7, 11) is 1.84. The van der Waals surface area contributed by atoms with Crippen molar-refractivity contribution in [1.29, 1.82) is 0 Å². The Bertz CT molecular complexity index is 1080. The number of aromatic nitrogens is 5. The Morgan fingerprint density at radius 2 is 2.00 bits per heavy atom. The summed E-state index contributed by atoms with van der Waals surface area (Å²) in [6.45, 7) is 3.99. The van der Waals surface area contributed by atoms with Crippen LogP contribution in [0.5, 0.6) is 0 Å². The Kier molecular flexibility index (Phi) is 7.13. The molecular weight excluding hydrogens is 422 g/mol. The lowest BCUT2D eigenvalue weighted by Gasteiger charge is -2.24. The molecule has 0 bridgehead atoms. The molecule has 2 amide bonds. The molecule has 3 aromatic rings. The molecule has 1 atom stereocenters. The highest BCUT2D eigenvalue weighted by atomic mass is 16.5. The van der Waals surface area contributed by atoms with E-state index in [9.17, 15) is 9.59 Å². The van der Waals surface area contributed by atoms with E-state index in [1.54, 1.807) is 37.8 Å². The van der Waals surface area contributed by atoms with Gasteiger partial charge in [0, 0.05) is 70.0 Å². The number of rotatable bonds is 8. The molecule has 1 saturated heterocycles. The minimum absolute atomic E-state index is 0.0341. The average molecular weight is 452 g/mol. The number of ether oxygens (including phenoxy) is 1. The average Bonchev–Trinajstić information content (AvgIpc) is 3.38. The van der Waals surface area contributed by atoms with Crippen LogP contribution in [0.2, 0.25) is 0 Å². The molecule has 0 radical (unpaired) electrons. The van der Waals surface area contributed by atoms with Gasteiger partial charge >= 0.3 is 0 Å². The van der Waals surface area contributed by atoms with E-state index in [4.69, 9.17) is 4.74 Å². The third kappa shape index (κ3) is 6.26. The summed E-state index contributed by atoms with van der Waals surface area (Å²) in [5.41, 5.74) is 2.84. The largest absolute Gasteiger partial charge is 0.370 e. The number of carbonyl (C=O) groups excluding carboxylic acids is 2. The quantitative estimate of drug-likeness (QED) is 0.510. The summed E-state index contributed by atoms with van der Waals surface area (Å²) in [5, 5.41) is 8.53. The molecule has 10 nitrogen and oxygen atoms in total. The second-order valence-electron chi connectivity index (χ2n) is 8.33. The van der Waals surface area contributed by atoms with Crippen LogP contribution in [-0.4, -0.2) is 71.9 Å². The van der Waals surface area contributed by atoms with Crippen LogP contribution in [0.3, 0.4) is 0 Å². The highest BCUT2D eigenvalue weighted by molar-refractivity contribution is 5.85. The Labute approximate surface area is 192 Å². The smallest absolute Gasteiger partial charge is 0.242 e.